The van der Waals surface area contributed by atoms with Gasteiger partial charge < -0.3 is 5.11 Å². The summed E-state index contributed by atoms with van der Waals surface area (Å²) in [5, 5.41) is 19.9. The molecule has 1 aromatic carbocycles. The molecule has 0 aliphatic carbocycles. The maximum Gasteiger partial charge on any atom is 0.214 e. The second-order valence-corrected chi connectivity index (χ2v) is 5.55. The van der Waals surface area contributed by atoms with E-state index in [4.69, 9.17) is 0 Å². The molecule has 0 amide bonds. The van der Waals surface area contributed by atoms with Crippen LogP contribution >= 0.6 is 0 Å². The van der Waals surface area contributed by atoms with Gasteiger partial charge in [0.1, 0.15) is 11.8 Å². The Balaban J connectivity index is 2.16. The van der Waals surface area contributed by atoms with Gasteiger partial charge in [-0.05, 0) is 31.2 Å². The van der Waals surface area contributed by atoms with Crippen molar-refractivity contribution in [3.05, 3.63) is 71.4 Å². The van der Waals surface area contributed by atoms with Gasteiger partial charge in [0.05, 0.1) is 11.3 Å². The SMILES string of the molecule is Cc1cc(-c2nc(F)cc(/C(C#N)=N/c3ccc(F)c(F)c3)c2O)ccn1. The summed E-state index contributed by atoms with van der Waals surface area (Å²) in [6, 6.07) is 8.46. The number of hydrogen-bond acceptors (Lipinski definition) is 5. The summed E-state index contributed by atoms with van der Waals surface area (Å²) in [6.45, 7) is 1.71. The van der Waals surface area contributed by atoms with Gasteiger partial charge >= 0.3 is 0 Å². The third kappa shape index (κ3) is 3.77. The van der Waals surface area contributed by atoms with Crippen molar-refractivity contribution in [2.45, 2.75) is 6.92 Å². The number of hydrogen-bond donors (Lipinski definition) is 1. The fourth-order valence-corrected chi connectivity index (χ4v) is 2.41. The average Bonchev–Trinajstić information content (AvgIpc) is 2.64. The zero-order chi connectivity index (χ0) is 19.6. The number of aliphatic imine (C=N–C) groups is 1. The van der Waals surface area contributed by atoms with Crippen molar-refractivity contribution in [2.75, 3.05) is 0 Å². The molecule has 0 spiro atoms. The molecule has 0 saturated carbocycles. The van der Waals surface area contributed by atoms with E-state index < -0.39 is 23.3 Å². The predicted octanol–water partition coefficient (Wildman–Crippen LogP) is 4.22. The van der Waals surface area contributed by atoms with E-state index in [1.807, 2.05) is 0 Å². The van der Waals surface area contributed by atoms with Gasteiger partial charge in [-0.15, -0.1) is 0 Å². The molecule has 0 aliphatic heterocycles. The molecule has 1 N–H and O–H groups in total. The predicted molar refractivity (Wildman–Crippen MR) is 92.0 cm³/mol. The van der Waals surface area contributed by atoms with Crippen LogP contribution in [0, 0.1) is 35.8 Å². The molecule has 0 bridgehead atoms. The van der Waals surface area contributed by atoms with Crippen LogP contribution in [0.5, 0.6) is 5.75 Å². The third-order valence-electron chi connectivity index (χ3n) is 3.64. The van der Waals surface area contributed by atoms with Crippen molar-refractivity contribution in [1.29, 1.82) is 5.26 Å². The van der Waals surface area contributed by atoms with Crippen molar-refractivity contribution < 1.29 is 18.3 Å². The molecule has 2 heterocycles. The zero-order valence-electron chi connectivity index (χ0n) is 13.9. The summed E-state index contributed by atoms with van der Waals surface area (Å²) >= 11 is 0. The smallest absolute Gasteiger partial charge is 0.214 e. The Morgan fingerprint density at radius 3 is 2.56 bits per heavy atom. The van der Waals surface area contributed by atoms with Crippen LogP contribution in [0.25, 0.3) is 11.3 Å². The Morgan fingerprint density at radius 1 is 1.11 bits per heavy atom. The summed E-state index contributed by atoms with van der Waals surface area (Å²) in [5.74, 6) is -3.63. The van der Waals surface area contributed by atoms with Crippen molar-refractivity contribution in [3.8, 4) is 23.1 Å². The van der Waals surface area contributed by atoms with Crippen molar-refractivity contribution in [3.63, 3.8) is 0 Å². The number of pyridine rings is 2. The minimum atomic E-state index is -1.15. The van der Waals surface area contributed by atoms with E-state index in [0.717, 1.165) is 24.3 Å². The van der Waals surface area contributed by atoms with E-state index in [9.17, 15) is 23.5 Å². The van der Waals surface area contributed by atoms with E-state index in [1.54, 1.807) is 19.1 Å². The highest BCUT2D eigenvalue weighted by molar-refractivity contribution is 6.15. The standard InChI is InChI=1S/C19H11F3N4O/c1-10-6-11(4-5-24-10)18-19(27)13(8-17(22)26-18)16(9-23)25-12-2-3-14(20)15(21)7-12/h2-8,27H,1H3/b25-16+. The van der Waals surface area contributed by atoms with Gasteiger partial charge in [-0.1, -0.05) is 0 Å². The minimum Gasteiger partial charge on any atom is -0.505 e. The summed E-state index contributed by atoms with van der Waals surface area (Å²) in [5.41, 5.74) is 0.250. The van der Waals surface area contributed by atoms with E-state index in [2.05, 4.69) is 15.0 Å². The molecule has 5 nitrogen and oxygen atoms in total. The summed E-state index contributed by atoms with van der Waals surface area (Å²) in [4.78, 5) is 11.6. The Kier molecular flexibility index (Phi) is 4.86. The minimum absolute atomic E-state index is 0.0663. The molecule has 0 radical (unpaired) electrons. The normalized spacial score (nSPS) is 11.3. The number of rotatable bonds is 3. The number of halogens is 3. The van der Waals surface area contributed by atoms with E-state index in [1.165, 1.54) is 12.3 Å². The van der Waals surface area contributed by atoms with Crippen LogP contribution < -0.4 is 0 Å². The maximum atomic E-state index is 14.0. The van der Waals surface area contributed by atoms with Crippen LogP contribution in [0.15, 0.2) is 47.6 Å². The fraction of sp³-hybridized carbons (Fsp3) is 0.0526. The maximum absolute atomic E-state index is 14.0. The first-order valence-electron chi connectivity index (χ1n) is 7.66. The molecule has 0 unspecified atom stereocenters. The fourth-order valence-electron chi connectivity index (χ4n) is 2.41. The number of aromatic hydroxyl groups is 1. The highest BCUT2D eigenvalue weighted by Crippen LogP contribution is 2.32. The van der Waals surface area contributed by atoms with Gasteiger partial charge in [-0.25, -0.2) is 18.8 Å². The summed E-state index contributed by atoms with van der Waals surface area (Å²) < 4.78 is 40.4. The van der Waals surface area contributed by atoms with Crippen molar-refractivity contribution in [1.82, 2.24) is 9.97 Å². The largest absolute Gasteiger partial charge is 0.505 e. The Morgan fingerprint density at radius 2 is 1.89 bits per heavy atom. The van der Waals surface area contributed by atoms with Crippen LogP contribution in [-0.4, -0.2) is 20.8 Å². The molecule has 27 heavy (non-hydrogen) atoms. The van der Waals surface area contributed by atoms with Crippen LogP contribution in [-0.2, 0) is 0 Å². The summed E-state index contributed by atoms with van der Waals surface area (Å²) in [6.07, 6.45) is 1.47. The highest BCUT2D eigenvalue weighted by atomic mass is 19.2. The van der Waals surface area contributed by atoms with Crippen molar-refractivity contribution >= 4 is 11.4 Å². The van der Waals surface area contributed by atoms with E-state index >= 15 is 0 Å². The topological polar surface area (TPSA) is 82.2 Å². The van der Waals surface area contributed by atoms with E-state index in [-0.39, 0.29) is 22.7 Å². The number of nitriles is 1. The van der Waals surface area contributed by atoms with E-state index in [0.29, 0.717) is 11.3 Å². The number of aryl methyl sites for hydroxylation is 1. The van der Waals surface area contributed by atoms with Gasteiger partial charge in [0, 0.05) is 29.6 Å². The van der Waals surface area contributed by atoms with Gasteiger partial charge in [0.2, 0.25) is 5.95 Å². The Hall–Kier alpha value is -3.73. The van der Waals surface area contributed by atoms with Crippen LogP contribution in [0.2, 0.25) is 0 Å². The van der Waals surface area contributed by atoms with Crippen LogP contribution in [0.3, 0.4) is 0 Å². The lowest BCUT2D eigenvalue weighted by Gasteiger charge is -2.09. The molecule has 3 aromatic rings. The second kappa shape index (κ2) is 7.25. The molecule has 3 rings (SSSR count). The third-order valence-corrected chi connectivity index (χ3v) is 3.64. The quantitative estimate of drug-likeness (QED) is 0.554. The molecule has 134 valence electrons. The van der Waals surface area contributed by atoms with Crippen LogP contribution in [0.1, 0.15) is 11.3 Å². The zero-order valence-corrected chi connectivity index (χ0v) is 13.9. The molecule has 8 heteroatoms. The number of benzene rings is 1. The molecule has 0 fully saturated rings. The van der Waals surface area contributed by atoms with Gasteiger partial charge in [0.25, 0.3) is 0 Å². The van der Waals surface area contributed by atoms with Crippen molar-refractivity contribution in [2.24, 2.45) is 4.99 Å². The highest BCUT2D eigenvalue weighted by Gasteiger charge is 2.18. The molecule has 2 aromatic heterocycles. The molecular weight excluding hydrogens is 357 g/mol. The Labute approximate surface area is 152 Å². The lowest BCUT2D eigenvalue weighted by Crippen LogP contribution is -2.02. The molecule has 0 aliphatic rings. The second-order valence-electron chi connectivity index (χ2n) is 5.55. The van der Waals surface area contributed by atoms with Crippen LogP contribution in [0.4, 0.5) is 18.9 Å². The average molecular weight is 368 g/mol. The number of nitrogens with zero attached hydrogens (tertiary/aromatic N) is 4. The first-order chi connectivity index (χ1) is 12.9. The monoisotopic (exact) mass is 368 g/mol. The van der Waals surface area contributed by atoms with Gasteiger partial charge in [0.15, 0.2) is 23.1 Å². The van der Waals surface area contributed by atoms with Gasteiger partial charge in [-0.3, -0.25) is 4.98 Å². The lowest BCUT2D eigenvalue weighted by atomic mass is 10.0. The lowest BCUT2D eigenvalue weighted by molar-refractivity contribution is 0.468. The Bertz CT molecular complexity index is 1110. The first kappa shape index (κ1) is 18.1. The molecule has 0 atom stereocenters. The first-order valence-corrected chi connectivity index (χ1v) is 7.66. The molecule has 0 saturated heterocycles. The number of aromatic nitrogens is 2. The van der Waals surface area contributed by atoms with Gasteiger partial charge in [-0.2, -0.15) is 9.65 Å². The summed E-state index contributed by atoms with van der Waals surface area (Å²) in [7, 11) is 0. The molecular formula is C19H11F3N4O.